The number of carbonyl (C=O) groups excluding carboxylic acids is 1. The largest absolute Gasteiger partial charge is 0.480 e. The predicted molar refractivity (Wildman–Crippen MR) is 77.9 cm³/mol. The molecule has 0 bridgehead atoms. The van der Waals surface area contributed by atoms with Crippen molar-refractivity contribution in [2.24, 2.45) is 18.4 Å². The van der Waals surface area contributed by atoms with Gasteiger partial charge in [0.05, 0.1) is 5.92 Å². The number of hydrogen-bond acceptors (Lipinski definition) is 4. The number of hydrogen-bond donors (Lipinski definition) is 2. The SMILES string of the molecule is Cn1ccnc1C(=O)[C@@H]1[C@@H](c2ccccc2)C1(C(=O)O)C(=O)O. The van der Waals surface area contributed by atoms with E-state index in [4.69, 9.17) is 0 Å². The molecule has 0 amide bonds. The normalized spacial score (nSPS) is 21.6. The van der Waals surface area contributed by atoms with E-state index in [1.165, 1.54) is 10.8 Å². The molecule has 2 N–H and O–H groups in total. The molecule has 0 saturated heterocycles. The van der Waals surface area contributed by atoms with Gasteiger partial charge >= 0.3 is 11.9 Å². The van der Waals surface area contributed by atoms with Crippen LogP contribution in [0.4, 0.5) is 0 Å². The molecule has 0 spiro atoms. The van der Waals surface area contributed by atoms with Gasteiger partial charge in [0.1, 0.15) is 0 Å². The van der Waals surface area contributed by atoms with Gasteiger partial charge in [-0.1, -0.05) is 30.3 Å². The van der Waals surface area contributed by atoms with Gasteiger partial charge in [-0.3, -0.25) is 14.4 Å². The van der Waals surface area contributed by atoms with Crippen molar-refractivity contribution in [1.29, 1.82) is 0 Å². The molecule has 0 aliphatic heterocycles. The zero-order valence-electron chi connectivity index (χ0n) is 12.2. The summed E-state index contributed by atoms with van der Waals surface area (Å²) < 4.78 is 1.46. The summed E-state index contributed by atoms with van der Waals surface area (Å²) in [5.41, 5.74) is -1.63. The van der Waals surface area contributed by atoms with Crippen LogP contribution in [0.5, 0.6) is 0 Å². The lowest BCUT2D eigenvalue weighted by Crippen LogP contribution is -2.31. The van der Waals surface area contributed by atoms with Gasteiger partial charge in [0.2, 0.25) is 5.78 Å². The Hall–Kier alpha value is -2.96. The van der Waals surface area contributed by atoms with E-state index in [2.05, 4.69) is 4.98 Å². The highest BCUT2D eigenvalue weighted by molar-refractivity contribution is 6.14. The van der Waals surface area contributed by atoms with Crippen LogP contribution in [-0.4, -0.2) is 37.5 Å². The number of carbonyl (C=O) groups is 3. The average Bonchev–Trinajstić information content (AvgIpc) is 3.08. The first-order valence-electron chi connectivity index (χ1n) is 6.95. The fourth-order valence-corrected chi connectivity index (χ4v) is 3.23. The molecule has 23 heavy (non-hydrogen) atoms. The number of Topliss-reactive ketones (excluding diaryl/α,β-unsaturated/α-hetero) is 1. The maximum atomic E-state index is 12.7. The Labute approximate surface area is 131 Å². The summed E-state index contributed by atoms with van der Waals surface area (Å²) in [5.74, 6) is -5.63. The molecule has 3 rings (SSSR count). The third kappa shape index (κ3) is 1.97. The van der Waals surface area contributed by atoms with Crippen LogP contribution in [0.3, 0.4) is 0 Å². The lowest BCUT2D eigenvalue weighted by Gasteiger charge is -2.06. The van der Waals surface area contributed by atoms with Crippen molar-refractivity contribution < 1.29 is 24.6 Å². The minimum absolute atomic E-state index is 0.0558. The number of aryl methyl sites for hydroxylation is 1. The van der Waals surface area contributed by atoms with E-state index in [9.17, 15) is 24.6 Å². The molecule has 1 aliphatic carbocycles. The summed E-state index contributed by atoms with van der Waals surface area (Å²) in [6, 6.07) is 8.38. The van der Waals surface area contributed by atoms with Crippen LogP contribution in [0.2, 0.25) is 0 Å². The van der Waals surface area contributed by atoms with Gasteiger partial charge in [-0.15, -0.1) is 0 Å². The molecular weight excluding hydrogens is 300 g/mol. The third-order valence-electron chi connectivity index (χ3n) is 4.40. The number of aromatic nitrogens is 2. The number of nitrogens with zero attached hydrogens (tertiary/aromatic N) is 2. The maximum Gasteiger partial charge on any atom is 0.322 e. The monoisotopic (exact) mass is 314 g/mol. The molecular formula is C16H14N2O5. The van der Waals surface area contributed by atoms with Crippen LogP contribution in [0.15, 0.2) is 42.7 Å². The van der Waals surface area contributed by atoms with Gasteiger partial charge in [0.25, 0.3) is 0 Å². The highest BCUT2D eigenvalue weighted by Crippen LogP contribution is 2.66. The summed E-state index contributed by atoms with van der Waals surface area (Å²) in [4.78, 5) is 40.0. The van der Waals surface area contributed by atoms with E-state index in [0.29, 0.717) is 5.56 Å². The van der Waals surface area contributed by atoms with E-state index in [0.717, 1.165) is 0 Å². The minimum Gasteiger partial charge on any atom is -0.480 e. The first-order chi connectivity index (χ1) is 10.9. The average molecular weight is 314 g/mol. The van der Waals surface area contributed by atoms with Gasteiger partial charge in [-0.2, -0.15) is 0 Å². The van der Waals surface area contributed by atoms with Crippen molar-refractivity contribution in [1.82, 2.24) is 9.55 Å². The molecule has 0 unspecified atom stereocenters. The Bertz CT molecular complexity index is 782. The second-order valence-corrected chi connectivity index (χ2v) is 5.57. The van der Waals surface area contributed by atoms with Gasteiger partial charge in [0.15, 0.2) is 11.2 Å². The molecule has 1 aliphatic rings. The molecule has 1 fully saturated rings. The molecule has 1 heterocycles. The summed E-state index contributed by atoms with van der Waals surface area (Å²) >= 11 is 0. The van der Waals surface area contributed by atoms with Gasteiger partial charge in [-0.25, -0.2) is 4.98 Å². The van der Waals surface area contributed by atoms with Crippen LogP contribution in [0.25, 0.3) is 0 Å². The number of rotatable bonds is 5. The number of carboxylic acids is 2. The summed E-state index contributed by atoms with van der Waals surface area (Å²) in [6.07, 6.45) is 2.96. The van der Waals surface area contributed by atoms with E-state index in [-0.39, 0.29) is 5.82 Å². The summed E-state index contributed by atoms with van der Waals surface area (Å²) in [7, 11) is 1.60. The molecule has 1 aromatic heterocycles. The van der Waals surface area contributed by atoms with Crippen LogP contribution < -0.4 is 0 Å². The Morgan fingerprint density at radius 1 is 1.13 bits per heavy atom. The van der Waals surface area contributed by atoms with E-state index >= 15 is 0 Å². The topological polar surface area (TPSA) is 109 Å². The van der Waals surface area contributed by atoms with Gasteiger partial charge in [0, 0.05) is 25.4 Å². The fourth-order valence-electron chi connectivity index (χ4n) is 3.23. The zero-order chi connectivity index (χ0) is 16.8. The molecule has 7 nitrogen and oxygen atoms in total. The minimum atomic E-state index is -2.15. The van der Waals surface area contributed by atoms with Crippen LogP contribution >= 0.6 is 0 Å². The predicted octanol–water partition coefficient (Wildman–Crippen LogP) is 1.17. The van der Waals surface area contributed by atoms with Crippen LogP contribution in [0, 0.1) is 11.3 Å². The van der Waals surface area contributed by atoms with Crippen molar-refractivity contribution in [3.8, 4) is 0 Å². The van der Waals surface area contributed by atoms with E-state index in [1.807, 2.05) is 0 Å². The lowest BCUT2D eigenvalue weighted by atomic mass is 9.98. The molecule has 7 heteroatoms. The fraction of sp³-hybridized carbons (Fsp3) is 0.250. The smallest absolute Gasteiger partial charge is 0.322 e. The third-order valence-corrected chi connectivity index (χ3v) is 4.40. The molecule has 2 atom stereocenters. The first-order valence-corrected chi connectivity index (χ1v) is 6.95. The molecule has 2 aromatic rings. The van der Waals surface area contributed by atoms with E-state index < -0.39 is 35.0 Å². The summed E-state index contributed by atoms with van der Waals surface area (Å²) in [5, 5.41) is 19.1. The molecule has 1 saturated carbocycles. The van der Waals surface area contributed by atoms with E-state index in [1.54, 1.807) is 43.6 Å². The van der Waals surface area contributed by atoms with Crippen molar-refractivity contribution in [3.63, 3.8) is 0 Å². The Kier molecular flexibility index (Phi) is 3.28. The highest BCUT2D eigenvalue weighted by Gasteiger charge is 2.79. The van der Waals surface area contributed by atoms with Crippen molar-refractivity contribution in [2.75, 3.05) is 0 Å². The van der Waals surface area contributed by atoms with Crippen molar-refractivity contribution in [3.05, 3.63) is 54.1 Å². The number of aliphatic carboxylic acids is 2. The lowest BCUT2D eigenvalue weighted by molar-refractivity contribution is -0.157. The second kappa shape index (κ2) is 5.05. The number of benzene rings is 1. The van der Waals surface area contributed by atoms with Gasteiger partial charge < -0.3 is 14.8 Å². The molecule has 0 radical (unpaired) electrons. The van der Waals surface area contributed by atoms with Crippen molar-refractivity contribution >= 4 is 17.7 Å². The Morgan fingerprint density at radius 2 is 1.74 bits per heavy atom. The Morgan fingerprint density at radius 3 is 2.22 bits per heavy atom. The van der Waals surface area contributed by atoms with Crippen molar-refractivity contribution in [2.45, 2.75) is 5.92 Å². The molecule has 118 valence electrons. The molecule has 1 aromatic carbocycles. The first kappa shape index (κ1) is 15.0. The second-order valence-electron chi connectivity index (χ2n) is 5.57. The maximum absolute atomic E-state index is 12.7. The zero-order valence-corrected chi connectivity index (χ0v) is 12.2. The van der Waals surface area contributed by atoms with Gasteiger partial charge in [-0.05, 0) is 5.56 Å². The highest BCUT2D eigenvalue weighted by atomic mass is 16.4. The van der Waals surface area contributed by atoms with Crippen LogP contribution in [-0.2, 0) is 16.6 Å². The Balaban J connectivity index is 2.10. The number of ketones is 1. The number of carboxylic acid groups (broad SMARTS) is 2. The summed E-state index contributed by atoms with van der Waals surface area (Å²) in [6.45, 7) is 0. The standard InChI is InChI=1S/C16H14N2O5/c1-18-8-7-17-13(18)12(19)11-10(9-5-3-2-4-6-9)16(11,14(20)21)15(22)23/h2-8,10-11H,1H3,(H,20,21)(H,22,23)/t10-,11+/m1/s1. The number of imidazole rings is 1. The van der Waals surface area contributed by atoms with Crippen LogP contribution in [0.1, 0.15) is 22.1 Å². The quantitative estimate of drug-likeness (QED) is 0.633.